The lowest BCUT2D eigenvalue weighted by Gasteiger charge is -2.21. The minimum absolute atomic E-state index is 0.0997. The first-order valence-electron chi connectivity index (χ1n) is 9.53. The average Bonchev–Trinajstić information content (AvgIpc) is 2.60. The molecule has 0 saturated carbocycles. The Labute approximate surface area is 161 Å². The second kappa shape index (κ2) is 6.16. The lowest BCUT2D eigenvalue weighted by atomic mass is 9.84. The molecule has 1 aromatic heterocycles. The third kappa shape index (κ3) is 3.10. The number of nitrogens with zero attached hydrogens (tertiary/aromatic N) is 2. The Hall–Kier alpha value is -2.74. The summed E-state index contributed by atoms with van der Waals surface area (Å²) in [5.74, 6) is 0.810. The Morgan fingerprint density at radius 2 is 1.48 bits per heavy atom. The molecule has 0 aliphatic heterocycles. The lowest BCUT2D eigenvalue weighted by molar-refractivity contribution is 0.590. The summed E-state index contributed by atoms with van der Waals surface area (Å²) in [6, 6.07) is 17.6. The van der Waals surface area contributed by atoms with Crippen molar-refractivity contribution in [3.63, 3.8) is 0 Å². The molecule has 0 atom stereocenters. The maximum atomic E-state index is 4.85. The highest BCUT2D eigenvalue weighted by Gasteiger charge is 2.17. The highest BCUT2D eigenvalue weighted by atomic mass is 14.9. The monoisotopic (exact) mass is 354 g/mol. The largest absolute Gasteiger partial charge is 0.233 e. The number of hydrogen-bond donors (Lipinski definition) is 0. The fraction of sp³-hybridized carbons (Fsp3) is 0.280. The number of hydrogen-bond acceptors (Lipinski definition) is 2. The van der Waals surface area contributed by atoms with E-state index in [0.29, 0.717) is 0 Å². The quantitative estimate of drug-likeness (QED) is 0.357. The summed E-state index contributed by atoms with van der Waals surface area (Å²) >= 11 is 0. The molecule has 0 bridgehead atoms. The van der Waals surface area contributed by atoms with Crippen LogP contribution in [-0.4, -0.2) is 9.97 Å². The predicted octanol–water partition coefficient (Wildman–Crippen LogP) is 6.67. The molecule has 4 aromatic rings. The fourth-order valence-electron chi connectivity index (χ4n) is 3.79. The minimum Gasteiger partial charge on any atom is -0.233 e. The van der Waals surface area contributed by atoms with Gasteiger partial charge in [-0.2, -0.15) is 0 Å². The Morgan fingerprint density at radius 3 is 2.22 bits per heavy atom. The van der Waals surface area contributed by atoms with E-state index in [1.54, 1.807) is 0 Å². The molecular weight excluding hydrogens is 328 g/mol. The van der Waals surface area contributed by atoms with E-state index in [4.69, 9.17) is 9.97 Å². The van der Waals surface area contributed by atoms with Crippen LogP contribution in [0.15, 0.2) is 48.5 Å². The molecule has 0 aliphatic rings. The zero-order valence-corrected chi connectivity index (χ0v) is 17.0. The predicted molar refractivity (Wildman–Crippen MR) is 115 cm³/mol. The maximum Gasteiger partial charge on any atom is 0.126 e. The molecule has 136 valence electrons. The Kier molecular flexibility index (Phi) is 4.03. The Morgan fingerprint density at radius 1 is 0.741 bits per heavy atom. The lowest BCUT2D eigenvalue weighted by Crippen LogP contribution is -2.11. The first-order valence-corrected chi connectivity index (χ1v) is 9.53. The van der Waals surface area contributed by atoms with Gasteiger partial charge in [0.25, 0.3) is 0 Å². The number of aryl methyl sites for hydroxylation is 3. The van der Waals surface area contributed by atoms with Crippen LogP contribution in [0, 0.1) is 20.8 Å². The summed E-state index contributed by atoms with van der Waals surface area (Å²) < 4.78 is 0. The second-order valence-corrected chi connectivity index (χ2v) is 8.59. The zero-order valence-electron chi connectivity index (χ0n) is 17.0. The van der Waals surface area contributed by atoms with Crippen LogP contribution in [0.4, 0.5) is 0 Å². The van der Waals surface area contributed by atoms with Gasteiger partial charge in [0.15, 0.2) is 0 Å². The van der Waals surface area contributed by atoms with Crippen molar-refractivity contribution in [1.29, 1.82) is 0 Å². The van der Waals surface area contributed by atoms with Crippen LogP contribution in [0.3, 0.4) is 0 Å². The van der Waals surface area contributed by atoms with Crippen molar-refractivity contribution in [2.45, 2.75) is 47.0 Å². The number of rotatable bonds is 1. The molecule has 0 spiro atoms. The van der Waals surface area contributed by atoms with E-state index < -0.39 is 0 Å². The van der Waals surface area contributed by atoms with Crippen LogP contribution in [0.25, 0.3) is 32.9 Å². The van der Waals surface area contributed by atoms with Crippen LogP contribution in [-0.2, 0) is 5.41 Å². The standard InChI is InChI=1S/C25H26N2/c1-15-12-18(14-19(13-15)25(4,5)6)23-22-11-10-20-16(2)8-7-9-21(20)24(22)27-17(3)26-23/h7-14H,1-6H3. The van der Waals surface area contributed by atoms with E-state index in [1.165, 1.54) is 33.0 Å². The Balaban J connectivity index is 2.08. The van der Waals surface area contributed by atoms with Gasteiger partial charge in [0.1, 0.15) is 5.82 Å². The van der Waals surface area contributed by atoms with Gasteiger partial charge >= 0.3 is 0 Å². The van der Waals surface area contributed by atoms with E-state index in [0.717, 1.165) is 22.4 Å². The van der Waals surface area contributed by atoms with Crippen molar-refractivity contribution in [3.05, 3.63) is 71.0 Å². The summed E-state index contributed by atoms with van der Waals surface area (Å²) in [4.78, 5) is 9.67. The van der Waals surface area contributed by atoms with Gasteiger partial charge in [-0.3, -0.25) is 0 Å². The van der Waals surface area contributed by atoms with Gasteiger partial charge in [-0.15, -0.1) is 0 Å². The van der Waals surface area contributed by atoms with Crippen molar-refractivity contribution in [1.82, 2.24) is 9.97 Å². The summed E-state index contributed by atoms with van der Waals surface area (Å²) in [5.41, 5.74) is 7.20. The second-order valence-electron chi connectivity index (χ2n) is 8.59. The van der Waals surface area contributed by atoms with Gasteiger partial charge in [-0.25, -0.2) is 9.97 Å². The first-order chi connectivity index (χ1) is 12.7. The SMILES string of the molecule is Cc1cc(-c2nc(C)nc3c2ccc2c(C)cccc23)cc(C(C)(C)C)c1. The van der Waals surface area contributed by atoms with Crippen LogP contribution < -0.4 is 0 Å². The summed E-state index contributed by atoms with van der Waals surface area (Å²) in [6.07, 6.45) is 0. The van der Waals surface area contributed by atoms with Crippen molar-refractivity contribution in [3.8, 4) is 11.3 Å². The van der Waals surface area contributed by atoms with Gasteiger partial charge in [0.2, 0.25) is 0 Å². The molecule has 0 amide bonds. The van der Waals surface area contributed by atoms with Crippen molar-refractivity contribution in [2.24, 2.45) is 0 Å². The molecule has 0 N–H and O–H groups in total. The van der Waals surface area contributed by atoms with Crippen molar-refractivity contribution in [2.75, 3.05) is 0 Å². The van der Waals surface area contributed by atoms with E-state index in [9.17, 15) is 0 Å². The smallest absolute Gasteiger partial charge is 0.126 e. The van der Waals surface area contributed by atoms with Gasteiger partial charge in [-0.1, -0.05) is 56.7 Å². The molecule has 1 heterocycles. The maximum absolute atomic E-state index is 4.85. The molecule has 0 unspecified atom stereocenters. The molecular formula is C25H26N2. The topological polar surface area (TPSA) is 25.8 Å². The molecule has 3 aromatic carbocycles. The minimum atomic E-state index is 0.0997. The van der Waals surface area contributed by atoms with Crippen LogP contribution in [0.1, 0.15) is 43.3 Å². The normalized spacial score (nSPS) is 12.1. The Bertz CT molecular complexity index is 1180. The molecule has 2 nitrogen and oxygen atoms in total. The van der Waals surface area contributed by atoms with E-state index in [2.05, 4.69) is 83.1 Å². The zero-order chi connectivity index (χ0) is 19.3. The molecule has 0 aliphatic carbocycles. The summed E-state index contributed by atoms with van der Waals surface area (Å²) in [6.45, 7) is 13.1. The van der Waals surface area contributed by atoms with E-state index in [-0.39, 0.29) is 5.41 Å². The van der Waals surface area contributed by atoms with Crippen LogP contribution >= 0.6 is 0 Å². The molecule has 4 rings (SSSR count). The average molecular weight is 354 g/mol. The fourth-order valence-corrected chi connectivity index (χ4v) is 3.79. The van der Waals surface area contributed by atoms with Crippen molar-refractivity contribution >= 4 is 21.7 Å². The van der Waals surface area contributed by atoms with Gasteiger partial charge in [0, 0.05) is 16.3 Å². The van der Waals surface area contributed by atoms with E-state index >= 15 is 0 Å². The van der Waals surface area contributed by atoms with Crippen LogP contribution in [0.5, 0.6) is 0 Å². The molecule has 0 fully saturated rings. The van der Waals surface area contributed by atoms with Crippen molar-refractivity contribution < 1.29 is 0 Å². The van der Waals surface area contributed by atoms with Gasteiger partial charge in [-0.05, 0) is 60.9 Å². The third-order valence-electron chi connectivity index (χ3n) is 5.27. The van der Waals surface area contributed by atoms with Gasteiger partial charge in [0.05, 0.1) is 11.2 Å². The number of benzene rings is 3. The first kappa shape index (κ1) is 17.7. The molecule has 2 heteroatoms. The highest BCUT2D eigenvalue weighted by Crippen LogP contribution is 2.34. The molecule has 0 radical (unpaired) electrons. The number of fused-ring (bicyclic) bond motifs is 3. The van der Waals surface area contributed by atoms with Crippen LogP contribution in [0.2, 0.25) is 0 Å². The molecule has 0 saturated heterocycles. The third-order valence-corrected chi connectivity index (χ3v) is 5.27. The molecule has 27 heavy (non-hydrogen) atoms. The highest BCUT2D eigenvalue weighted by molar-refractivity contribution is 6.10. The summed E-state index contributed by atoms with van der Waals surface area (Å²) in [7, 11) is 0. The van der Waals surface area contributed by atoms with Gasteiger partial charge < -0.3 is 0 Å². The summed E-state index contributed by atoms with van der Waals surface area (Å²) in [5, 5.41) is 3.57. The number of aromatic nitrogens is 2. The van der Waals surface area contributed by atoms with E-state index in [1.807, 2.05) is 6.92 Å².